The summed E-state index contributed by atoms with van der Waals surface area (Å²) in [4.78, 5) is 0. The van der Waals surface area contributed by atoms with Gasteiger partial charge in [0.05, 0.1) is 12.5 Å². The minimum absolute atomic E-state index is 0.0585. The number of furan rings is 1. The lowest BCUT2D eigenvalue weighted by Gasteiger charge is -2.16. The summed E-state index contributed by atoms with van der Waals surface area (Å²) in [7, 11) is 0. The van der Waals surface area contributed by atoms with Gasteiger partial charge in [-0.15, -0.1) is 13.2 Å². The van der Waals surface area contributed by atoms with Gasteiger partial charge in [-0.3, -0.25) is 0 Å². The van der Waals surface area contributed by atoms with Crippen molar-refractivity contribution in [1.82, 2.24) is 5.32 Å². The van der Waals surface area contributed by atoms with Crippen molar-refractivity contribution >= 4 is 0 Å². The molecule has 0 saturated heterocycles. The van der Waals surface area contributed by atoms with Gasteiger partial charge in [-0.25, -0.2) is 0 Å². The quantitative estimate of drug-likeness (QED) is 0.873. The molecule has 3 nitrogen and oxygen atoms in total. The molecule has 0 saturated carbocycles. The minimum atomic E-state index is -4.66. The van der Waals surface area contributed by atoms with E-state index in [4.69, 9.17) is 4.42 Å². The number of halogens is 3. The van der Waals surface area contributed by atoms with E-state index < -0.39 is 6.36 Å². The number of hydrogen-bond donors (Lipinski definition) is 1. The van der Waals surface area contributed by atoms with Gasteiger partial charge in [-0.2, -0.15) is 0 Å². The normalized spacial score (nSPS) is 13.1. The molecule has 0 fully saturated rings. The van der Waals surface area contributed by atoms with Crippen molar-refractivity contribution in [3.8, 4) is 5.75 Å². The summed E-state index contributed by atoms with van der Waals surface area (Å²) >= 11 is 0. The third-order valence-electron chi connectivity index (χ3n) is 2.99. The van der Waals surface area contributed by atoms with E-state index in [1.54, 1.807) is 24.7 Å². The molecule has 2 aromatic rings. The highest BCUT2D eigenvalue weighted by Gasteiger charge is 2.30. The first-order valence-corrected chi connectivity index (χ1v) is 6.58. The Morgan fingerprint density at radius 3 is 2.43 bits per heavy atom. The Hall–Kier alpha value is -1.95. The van der Waals surface area contributed by atoms with Gasteiger partial charge in [0.15, 0.2) is 0 Å². The van der Waals surface area contributed by atoms with E-state index in [2.05, 4.69) is 10.1 Å². The molecule has 21 heavy (non-hydrogen) atoms. The first-order chi connectivity index (χ1) is 9.98. The number of benzene rings is 1. The lowest BCUT2D eigenvalue weighted by molar-refractivity contribution is -0.274. The molecule has 0 aliphatic rings. The Morgan fingerprint density at radius 1 is 1.19 bits per heavy atom. The molecule has 1 atom stereocenters. The number of rotatable bonds is 6. The molecule has 1 heterocycles. The van der Waals surface area contributed by atoms with Gasteiger partial charge in [0.25, 0.3) is 0 Å². The molecule has 0 radical (unpaired) electrons. The average Bonchev–Trinajstić information content (AvgIpc) is 2.92. The van der Waals surface area contributed by atoms with Gasteiger partial charge in [-0.1, -0.05) is 19.1 Å². The van der Waals surface area contributed by atoms with Crippen LogP contribution in [-0.4, -0.2) is 12.9 Å². The summed E-state index contributed by atoms with van der Waals surface area (Å²) in [5.41, 5.74) is 1.92. The van der Waals surface area contributed by atoms with Crippen LogP contribution in [0.15, 0.2) is 47.3 Å². The van der Waals surface area contributed by atoms with Crippen molar-refractivity contribution < 1.29 is 22.3 Å². The van der Waals surface area contributed by atoms with Crippen LogP contribution < -0.4 is 10.1 Å². The van der Waals surface area contributed by atoms with Crippen LogP contribution in [0.2, 0.25) is 0 Å². The van der Waals surface area contributed by atoms with E-state index in [-0.39, 0.29) is 11.8 Å². The van der Waals surface area contributed by atoms with Crippen LogP contribution in [0, 0.1) is 0 Å². The van der Waals surface area contributed by atoms with Gasteiger partial charge >= 0.3 is 6.36 Å². The minimum Gasteiger partial charge on any atom is -0.472 e. The zero-order valence-corrected chi connectivity index (χ0v) is 11.5. The third kappa shape index (κ3) is 4.82. The monoisotopic (exact) mass is 299 g/mol. The molecule has 1 N–H and O–H groups in total. The molecule has 0 amide bonds. The molecule has 1 aromatic heterocycles. The van der Waals surface area contributed by atoms with Crippen LogP contribution in [0.25, 0.3) is 0 Å². The molecule has 0 bridgehead atoms. The molecule has 1 aromatic carbocycles. The van der Waals surface area contributed by atoms with Crippen LogP contribution in [0.5, 0.6) is 5.75 Å². The summed E-state index contributed by atoms with van der Waals surface area (Å²) in [6.45, 7) is 2.78. The van der Waals surface area contributed by atoms with Crippen molar-refractivity contribution in [1.29, 1.82) is 0 Å². The van der Waals surface area contributed by atoms with Crippen LogP contribution in [0.4, 0.5) is 13.2 Å². The lowest BCUT2D eigenvalue weighted by Crippen LogP contribution is -2.22. The Labute approximate surface area is 120 Å². The lowest BCUT2D eigenvalue weighted by atomic mass is 10.0. The predicted molar refractivity (Wildman–Crippen MR) is 72.0 cm³/mol. The van der Waals surface area contributed by atoms with Gasteiger partial charge in [0.1, 0.15) is 5.75 Å². The van der Waals surface area contributed by atoms with Gasteiger partial charge in [0.2, 0.25) is 0 Å². The molecule has 6 heteroatoms. The average molecular weight is 299 g/mol. The van der Waals surface area contributed by atoms with Crippen molar-refractivity contribution in [2.45, 2.75) is 25.7 Å². The van der Waals surface area contributed by atoms with E-state index >= 15 is 0 Å². The number of alkyl halides is 3. The first kappa shape index (κ1) is 15.4. The summed E-state index contributed by atoms with van der Waals surface area (Å²) < 4.78 is 45.2. The van der Waals surface area contributed by atoms with Gasteiger partial charge in [0, 0.05) is 11.6 Å². The second-order valence-corrected chi connectivity index (χ2v) is 4.56. The summed E-state index contributed by atoms with van der Waals surface area (Å²) in [6, 6.07) is 7.83. The molecular weight excluding hydrogens is 283 g/mol. The molecule has 114 valence electrons. The highest BCUT2D eigenvalue weighted by atomic mass is 19.4. The molecule has 1 unspecified atom stereocenters. The molecule has 2 rings (SSSR count). The molecular formula is C15H16F3NO2. The van der Waals surface area contributed by atoms with E-state index in [9.17, 15) is 13.2 Å². The maximum absolute atomic E-state index is 12.1. The SMILES string of the molecule is CCNC(Cc1ccc(OC(F)(F)F)cc1)c1ccoc1. The van der Waals surface area contributed by atoms with Crippen LogP contribution in [0.3, 0.4) is 0 Å². The number of hydrogen-bond acceptors (Lipinski definition) is 3. The highest BCUT2D eigenvalue weighted by molar-refractivity contribution is 5.29. The fourth-order valence-electron chi connectivity index (χ4n) is 2.09. The molecule has 0 aliphatic heterocycles. The van der Waals surface area contributed by atoms with E-state index in [0.29, 0.717) is 6.42 Å². The van der Waals surface area contributed by atoms with Crippen LogP contribution in [-0.2, 0) is 6.42 Å². The number of nitrogens with one attached hydrogen (secondary N) is 1. The van der Waals surface area contributed by atoms with Gasteiger partial charge < -0.3 is 14.5 Å². The highest BCUT2D eigenvalue weighted by Crippen LogP contribution is 2.24. The standard InChI is InChI=1S/C15H16F3NO2/c1-2-19-14(12-7-8-20-10-12)9-11-3-5-13(6-4-11)21-15(16,17)18/h3-8,10,14,19H,2,9H2,1H3. The third-order valence-corrected chi connectivity index (χ3v) is 2.99. The first-order valence-electron chi connectivity index (χ1n) is 6.58. The second kappa shape index (κ2) is 6.67. The van der Waals surface area contributed by atoms with E-state index in [1.807, 2.05) is 13.0 Å². The molecule has 0 aliphatic carbocycles. The maximum Gasteiger partial charge on any atom is 0.573 e. The Kier molecular flexibility index (Phi) is 4.90. The fraction of sp³-hybridized carbons (Fsp3) is 0.333. The predicted octanol–water partition coefficient (Wildman–Crippen LogP) is 4.07. The topological polar surface area (TPSA) is 34.4 Å². The zero-order chi connectivity index (χ0) is 15.3. The van der Waals surface area contributed by atoms with Crippen molar-refractivity contribution in [3.63, 3.8) is 0 Å². The fourth-order valence-corrected chi connectivity index (χ4v) is 2.09. The zero-order valence-electron chi connectivity index (χ0n) is 11.5. The Balaban J connectivity index is 2.04. The molecule has 0 spiro atoms. The maximum atomic E-state index is 12.1. The van der Waals surface area contributed by atoms with E-state index in [0.717, 1.165) is 17.7 Å². The largest absolute Gasteiger partial charge is 0.573 e. The van der Waals surface area contributed by atoms with Gasteiger partial charge in [-0.05, 0) is 36.7 Å². The summed E-state index contributed by atoms with van der Waals surface area (Å²) in [5, 5.41) is 3.32. The van der Waals surface area contributed by atoms with Crippen LogP contribution in [0.1, 0.15) is 24.1 Å². The second-order valence-electron chi connectivity index (χ2n) is 4.56. The number of ether oxygens (including phenoxy) is 1. The van der Waals surface area contributed by atoms with Crippen molar-refractivity contribution in [2.24, 2.45) is 0 Å². The smallest absolute Gasteiger partial charge is 0.472 e. The van der Waals surface area contributed by atoms with E-state index in [1.165, 1.54) is 12.1 Å². The van der Waals surface area contributed by atoms with Crippen LogP contribution >= 0.6 is 0 Å². The van der Waals surface area contributed by atoms with Crippen molar-refractivity contribution in [2.75, 3.05) is 6.54 Å². The summed E-state index contributed by atoms with van der Waals surface area (Å²) in [6.07, 6.45) is -0.751. The Bertz CT molecular complexity index is 535. The summed E-state index contributed by atoms with van der Waals surface area (Å²) in [5.74, 6) is -0.213. The van der Waals surface area contributed by atoms with Crippen molar-refractivity contribution in [3.05, 3.63) is 54.0 Å². The Morgan fingerprint density at radius 2 is 1.90 bits per heavy atom. The number of likely N-dealkylation sites (N-methyl/N-ethyl adjacent to an activating group) is 1.